The van der Waals surface area contributed by atoms with E-state index in [4.69, 9.17) is 9.47 Å². The Labute approximate surface area is 144 Å². The number of ether oxygens (including phenoxy) is 2. The normalized spacial score (nSPS) is 10.7. The van der Waals surface area contributed by atoms with E-state index in [0.29, 0.717) is 11.3 Å². The van der Waals surface area contributed by atoms with E-state index in [1.165, 1.54) is 56.7 Å². The fourth-order valence-electron chi connectivity index (χ4n) is 2.06. The van der Waals surface area contributed by atoms with Crippen LogP contribution < -0.4 is 14.8 Å². The van der Waals surface area contributed by atoms with E-state index in [2.05, 4.69) is 5.32 Å². The Balaban J connectivity index is 2.32. The quantitative estimate of drug-likeness (QED) is 0.438. The number of anilines is 1. The lowest BCUT2D eigenvalue weighted by atomic mass is 10.1. The van der Waals surface area contributed by atoms with Crippen LogP contribution in [0.2, 0.25) is 0 Å². The minimum atomic E-state index is -0.612. The maximum absolute atomic E-state index is 12.2. The molecule has 0 aromatic heterocycles. The molecule has 0 spiro atoms. The van der Waals surface area contributed by atoms with Crippen molar-refractivity contribution in [1.82, 2.24) is 0 Å². The Kier molecular flexibility index (Phi) is 5.48. The molecular weight excluding hydrogens is 324 g/mol. The number of amides is 1. The van der Waals surface area contributed by atoms with Gasteiger partial charge < -0.3 is 25.0 Å². The second-order valence-corrected chi connectivity index (χ2v) is 4.94. The first-order chi connectivity index (χ1) is 12.0. The van der Waals surface area contributed by atoms with Gasteiger partial charge in [-0.25, -0.2) is 0 Å². The summed E-state index contributed by atoms with van der Waals surface area (Å²) in [6, 6.07) is 10.6. The highest BCUT2D eigenvalue weighted by molar-refractivity contribution is 6.09. The van der Waals surface area contributed by atoms with Gasteiger partial charge in [-0.1, -0.05) is 0 Å². The van der Waals surface area contributed by atoms with E-state index in [9.17, 15) is 20.3 Å². The highest BCUT2D eigenvalue weighted by atomic mass is 16.5. The number of nitrogens with zero attached hydrogens (tertiary/aromatic N) is 1. The monoisotopic (exact) mass is 340 g/mol. The smallest absolute Gasteiger partial charge is 0.266 e. The van der Waals surface area contributed by atoms with Crippen LogP contribution in [-0.4, -0.2) is 30.3 Å². The Morgan fingerprint density at radius 2 is 1.68 bits per heavy atom. The number of carbonyl (C=O) groups is 1. The zero-order chi connectivity index (χ0) is 18.4. The molecule has 2 aromatic carbocycles. The van der Waals surface area contributed by atoms with Crippen molar-refractivity contribution >= 4 is 17.7 Å². The number of rotatable bonds is 5. The molecule has 0 heterocycles. The SMILES string of the molecule is COc1cc(C=C(C#N)C(=O)Nc2ccc(O)cc2)cc(OC)c1O. The van der Waals surface area contributed by atoms with Crippen LogP contribution in [0.4, 0.5) is 5.69 Å². The summed E-state index contributed by atoms with van der Waals surface area (Å²) in [5, 5.41) is 30.9. The highest BCUT2D eigenvalue weighted by Crippen LogP contribution is 2.37. The van der Waals surface area contributed by atoms with Crippen molar-refractivity contribution in [3.63, 3.8) is 0 Å². The van der Waals surface area contributed by atoms with Gasteiger partial charge in [0.15, 0.2) is 11.5 Å². The second-order valence-electron chi connectivity index (χ2n) is 4.94. The lowest BCUT2D eigenvalue weighted by Crippen LogP contribution is -2.13. The van der Waals surface area contributed by atoms with Crippen LogP contribution >= 0.6 is 0 Å². The van der Waals surface area contributed by atoms with Gasteiger partial charge in [0.1, 0.15) is 17.4 Å². The van der Waals surface area contributed by atoms with Crippen molar-refractivity contribution in [3.05, 3.63) is 47.5 Å². The van der Waals surface area contributed by atoms with Crippen LogP contribution in [0.1, 0.15) is 5.56 Å². The van der Waals surface area contributed by atoms with Gasteiger partial charge in [-0.05, 0) is 48.0 Å². The summed E-state index contributed by atoms with van der Waals surface area (Å²) in [6.07, 6.45) is 1.35. The van der Waals surface area contributed by atoms with Crippen LogP contribution in [0, 0.1) is 11.3 Å². The number of hydrogen-bond donors (Lipinski definition) is 3. The summed E-state index contributed by atoms with van der Waals surface area (Å²) in [7, 11) is 2.76. The number of phenols is 2. The molecule has 2 rings (SSSR count). The molecule has 0 fully saturated rings. The zero-order valence-corrected chi connectivity index (χ0v) is 13.6. The van der Waals surface area contributed by atoms with Gasteiger partial charge in [-0.3, -0.25) is 4.79 Å². The highest BCUT2D eigenvalue weighted by Gasteiger charge is 2.13. The van der Waals surface area contributed by atoms with Crippen molar-refractivity contribution in [3.8, 4) is 29.1 Å². The number of methoxy groups -OCH3 is 2. The van der Waals surface area contributed by atoms with E-state index in [1.807, 2.05) is 6.07 Å². The lowest BCUT2D eigenvalue weighted by Gasteiger charge is -2.10. The van der Waals surface area contributed by atoms with Gasteiger partial charge in [0.2, 0.25) is 5.75 Å². The molecule has 1 amide bonds. The van der Waals surface area contributed by atoms with Gasteiger partial charge >= 0.3 is 0 Å². The third kappa shape index (κ3) is 4.20. The van der Waals surface area contributed by atoms with Crippen LogP contribution in [-0.2, 0) is 4.79 Å². The number of aromatic hydroxyl groups is 2. The first-order valence-corrected chi connectivity index (χ1v) is 7.15. The zero-order valence-electron chi connectivity index (χ0n) is 13.6. The molecule has 0 saturated heterocycles. The molecule has 7 heteroatoms. The molecule has 0 aliphatic carbocycles. The molecule has 0 atom stereocenters. The van der Waals surface area contributed by atoms with Crippen LogP contribution in [0.3, 0.4) is 0 Å². The number of phenolic OH excluding ortho intramolecular Hbond substituents is 2. The molecule has 0 bridgehead atoms. The molecule has 128 valence electrons. The number of benzene rings is 2. The first-order valence-electron chi connectivity index (χ1n) is 7.15. The Morgan fingerprint density at radius 3 is 2.16 bits per heavy atom. The Bertz CT molecular complexity index is 826. The third-order valence-corrected chi connectivity index (χ3v) is 3.30. The second kappa shape index (κ2) is 7.75. The Morgan fingerprint density at radius 1 is 1.12 bits per heavy atom. The van der Waals surface area contributed by atoms with Crippen molar-refractivity contribution in [1.29, 1.82) is 5.26 Å². The predicted octanol–water partition coefficient (Wildman–Crippen LogP) is 2.66. The van der Waals surface area contributed by atoms with E-state index < -0.39 is 5.91 Å². The van der Waals surface area contributed by atoms with Crippen molar-refractivity contribution in [2.24, 2.45) is 0 Å². The number of carbonyl (C=O) groups excluding carboxylic acids is 1. The Hall–Kier alpha value is -3.66. The molecule has 0 aliphatic rings. The molecule has 2 aromatic rings. The topological polar surface area (TPSA) is 112 Å². The number of hydrogen-bond acceptors (Lipinski definition) is 6. The molecule has 7 nitrogen and oxygen atoms in total. The van der Waals surface area contributed by atoms with Gasteiger partial charge in [0.05, 0.1) is 14.2 Å². The summed E-state index contributed by atoms with van der Waals surface area (Å²) in [6.45, 7) is 0. The predicted molar refractivity (Wildman–Crippen MR) is 91.5 cm³/mol. The van der Waals surface area contributed by atoms with Crippen LogP contribution in [0.25, 0.3) is 6.08 Å². The standard InChI is InChI=1S/C18H16N2O5/c1-24-15-8-11(9-16(25-2)17(15)22)7-12(10-19)18(23)20-13-3-5-14(21)6-4-13/h3-9,21-22H,1-2H3,(H,20,23). The number of nitriles is 1. The fraction of sp³-hybridized carbons (Fsp3) is 0.111. The molecule has 0 aliphatic heterocycles. The summed E-state index contributed by atoms with van der Waals surface area (Å²) in [4.78, 5) is 12.2. The van der Waals surface area contributed by atoms with Gasteiger partial charge in [0, 0.05) is 5.69 Å². The molecule has 0 radical (unpaired) electrons. The van der Waals surface area contributed by atoms with Crippen molar-refractivity contribution < 1.29 is 24.5 Å². The molecule has 3 N–H and O–H groups in total. The van der Waals surface area contributed by atoms with Crippen molar-refractivity contribution in [2.75, 3.05) is 19.5 Å². The van der Waals surface area contributed by atoms with Gasteiger partial charge in [-0.2, -0.15) is 5.26 Å². The molecule has 25 heavy (non-hydrogen) atoms. The maximum Gasteiger partial charge on any atom is 0.266 e. The average molecular weight is 340 g/mol. The first kappa shape index (κ1) is 17.7. The van der Waals surface area contributed by atoms with E-state index in [1.54, 1.807) is 0 Å². The van der Waals surface area contributed by atoms with Gasteiger partial charge in [0.25, 0.3) is 5.91 Å². The van der Waals surface area contributed by atoms with E-state index in [-0.39, 0.29) is 28.6 Å². The summed E-state index contributed by atoms with van der Waals surface area (Å²) in [5.74, 6) is -0.408. The van der Waals surface area contributed by atoms with E-state index in [0.717, 1.165) is 0 Å². The average Bonchev–Trinajstić information content (AvgIpc) is 2.62. The van der Waals surface area contributed by atoms with Crippen LogP contribution in [0.5, 0.6) is 23.0 Å². The van der Waals surface area contributed by atoms with Crippen LogP contribution in [0.15, 0.2) is 42.0 Å². The maximum atomic E-state index is 12.2. The summed E-state index contributed by atoms with van der Waals surface area (Å²) < 4.78 is 10.1. The molecular formula is C18H16N2O5. The summed E-state index contributed by atoms with van der Waals surface area (Å²) in [5.41, 5.74) is 0.733. The van der Waals surface area contributed by atoms with Crippen molar-refractivity contribution in [2.45, 2.75) is 0 Å². The lowest BCUT2D eigenvalue weighted by molar-refractivity contribution is -0.112. The largest absolute Gasteiger partial charge is 0.508 e. The number of nitrogens with one attached hydrogen (secondary N) is 1. The van der Waals surface area contributed by atoms with E-state index >= 15 is 0 Å². The summed E-state index contributed by atoms with van der Waals surface area (Å²) >= 11 is 0. The molecule has 0 saturated carbocycles. The molecule has 0 unspecified atom stereocenters. The minimum Gasteiger partial charge on any atom is -0.508 e. The minimum absolute atomic E-state index is 0.0670. The third-order valence-electron chi connectivity index (χ3n) is 3.30. The van der Waals surface area contributed by atoms with Gasteiger partial charge in [-0.15, -0.1) is 0 Å². The fourth-order valence-corrected chi connectivity index (χ4v) is 2.06.